The van der Waals surface area contributed by atoms with Gasteiger partial charge in [0.15, 0.2) is 0 Å². The first-order valence-electron chi connectivity index (χ1n) is 4.85. The van der Waals surface area contributed by atoms with Crippen LogP contribution in [0.25, 0.3) is 0 Å². The molecule has 0 spiro atoms. The molecule has 0 fully saturated rings. The first-order chi connectivity index (χ1) is 6.22. The molecule has 0 aromatic carbocycles. The van der Waals surface area contributed by atoms with E-state index in [2.05, 4.69) is 12.2 Å². The maximum absolute atomic E-state index is 10.7. The third kappa shape index (κ3) is 3.19. The smallest absolute Gasteiger partial charge is 0.320 e. The normalized spacial score (nSPS) is 26.1. The molecule has 2 unspecified atom stereocenters. The molecule has 0 aliphatic heterocycles. The Labute approximate surface area is 78.6 Å². The van der Waals surface area contributed by atoms with Gasteiger partial charge < -0.3 is 10.8 Å². The maximum Gasteiger partial charge on any atom is 0.320 e. The Kier molecular flexibility index (Phi) is 3.96. The first kappa shape index (κ1) is 10.3. The fourth-order valence-corrected chi connectivity index (χ4v) is 1.75. The van der Waals surface area contributed by atoms with Crippen molar-refractivity contribution in [1.29, 1.82) is 0 Å². The first-order valence-corrected chi connectivity index (χ1v) is 4.85. The molecule has 1 aliphatic rings. The summed E-state index contributed by atoms with van der Waals surface area (Å²) in [5.41, 5.74) is 5.59. The predicted octanol–water partition coefficient (Wildman–Crippen LogP) is 1.53. The zero-order chi connectivity index (χ0) is 9.68. The van der Waals surface area contributed by atoms with Crippen molar-refractivity contribution in [3.63, 3.8) is 0 Å². The van der Waals surface area contributed by atoms with Gasteiger partial charge in [0.2, 0.25) is 0 Å². The largest absolute Gasteiger partial charge is 0.480 e. The molecular formula is C10H17NO2. The molecule has 13 heavy (non-hydrogen) atoms. The molecule has 0 saturated heterocycles. The highest BCUT2D eigenvalue weighted by atomic mass is 16.4. The van der Waals surface area contributed by atoms with Crippen molar-refractivity contribution < 1.29 is 9.90 Å². The van der Waals surface area contributed by atoms with E-state index in [0.717, 1.165) is 32.1 Å². The Morgan fingerprint density at radius 2 is 2.08 bits per heavy atom. The average Bonchev–Trinajstić information content (AvgIpc) is 2.02. The molecule has 0 amide bonds. The van der Waals surface area contributed by atoms with Crippen LogP contribution in [0.15, 0.2) is 12.2 Å². The zero-order valence-corrected chi connectivity index (χ0v) is 7.78. The summed E-state index contributed by atoms with van der Waals surface area (Å²) in [4.78, 5) is 10.7. The maximum atomic E-state index is 10.7. The average molecular weight is 183 g/mol. The van der Waals surface area contributed by atoms with Gasteiger partial charge in [0.1, 0.15) is 6.04 Å². The Bertz CT molecular complexity index is 201. The van der Waals surface area contributed by atoms with Crippen molar-refractivity contribution in [2.24, 2.45) is 11.7 Å². The molecule has 0 aromatic rings. The monoisotopic (exact) mass is 183 g/mol. The summed E-state index contributed by atoms with van der Waals surface area (Å²) in [6.07, 6.45) is 9.22. The number of carbonyl (C=O) groups is 1. The van der Waals surface area contributed by atoms with E-state index in [1.54, 1.807) is 0 Å². The van der Waals surface area contributed by atoms with Crippen LogP contribution in [0.1, 0.15) is 32.1 Å². The van der Waals surface area contributed by atoms with Crippen LogP contribution in [-0.2, 0) is 4.79 Å². The number of hydrogen-bond acceptors (Lipinski definition) is 2. The highest BCUT2D eigenvalue weighted by Gasteiger charge is 2.23. The van der Waals surface area contributed by atoms with Crippen LogP contribution in [0.5, 0.6) is 0 Å². The molecule has 0 radical (unpaired) electrons. The molecule has 1 aliphatic carbocycles. The van der Waals surface area contributed by atoms with Gasteiger partial charge in [0.05, 0.1) is 0 Å². The summed E-state index contributed by atoms with van der Waals surface area (Å²) < 4.78 is 0. The summed E-state index contributed by atoms with van der Waals surface area (Å²) in [5, 5.41) is 8.75. The van der Waals surface area contributed by atoms with Crippen LogP contribution >= 0.6 is 0 Å². The van der Waals surface area contributed by atoms with Gasteiger partial charge in [-0.3, -0.25) is 4.79 Å². The van der Waals surface area contributed by atoms with E-state index < -0.39 is 12.0 Å². The number of hydrogen-bond donors (Lipinski definition) is 2. The van der Waals surface area contributed by atoms with Crippen LogP contribution in [-0.4, -0.2) is 17.1 Å². The van der Waals surface area contributed by atoms with E-state index in [1.807, 2.05) is 0 Å². The molecule has 0 heterocycles. The second kappa shape index (κ2) is 5.02. The van der Waals surface area contributed by atoms with Gasteiger partial charge in [0, 0.05) is 0 Å². The molecule has 3 nitrogen and oxygen atoms in total. The number of nitrogens with two attached hydrogens (primary N) is 1. The lowest BCUT2D eigenvalue weighted by atomic mass is 9.88. The molecule has 0 saturated carbocycles. The molecule has 74 valence electrons. The number of rotatable bonds is 2. The van der Waals surface area contributed by atoms with Crippen molar-refractivity contribution in [2.75, 3.05) is 0 Å². The molecule has 0 bridgehead atoms. The van der Waals surface area contributed by atoms with E-state index in [0.29, 0.717) is 0 Å². The fourth-order valence-electron chi connectivity index (χ4n) is 1.75. The van der Waals surface area contributed by atoms with Gasteiger partial charge in [-0.25, -0.2) is 0 Å². The summed E-state index contributed by atoms with van der Waals surface area (Å²) in [6.45, 7) is 0. The van der Waals surface area contributed by atoms with Crippen LogP contribution < -0.4 is 5.73 Å². The highest BCUT2D eigenvalue weighted by molar-refractivity contribution is 5.73. The lowest BCUT2D eigenvalue weighted by Gasteiger charge is -2.20. The summed E-state index contributed by atoms with van der Waals surface area (Å²) >= 11 is 0. The third-order valence-corrected chi connectivity index (χ3v) is 2.61. The summed E-state index contributed by atoms with van der Waals surface area (Å²) in [6, 6.07) is -0.675. The van der Waals surface area contributed by atoms with E-state index in [-0.39, 0.29) is 5.92 Å². The summed E-state index contributed by atoms with van der Waals surface area (Å²) in [7, 11) is 0. The van der Waals surface area contributed by atoms with Gasteiger partial charge in [-0.15, -0.1) is 0 Å². The molecule has 3 heteroatoms. The highest BCUT2D eigenvalue weighted by Crippen LogP contribution is 2.21. The molecule has 0 aromatic heterocycles. The number of allylic oxidation sites excluding steroid dienone is 2. The molecule has 3 N–H and O–H groups in total. The van der Waals surface area contributed by atoms with Gasteiger partial charge in [0.25, 0.3) is 0 Å². The zero-order valence-electron chi connectivity index (χ0n) is 7.78. The van der Waals surface area contributed by atoms with E-state index in [9.17, 15) is 4.79 Å². The minimum Gasteiger partial charge on any atom is -0.480 e. The number of carboxylic acid groups (broad SMARTS) is 1. The Morgan fingerprint density at radius 1 is 1.38 bits per heavy atom. The second-order valence-corrected chi connectivity index (χ2v) is 3.60. The summed E-state index contributed by atoms with van der Waals surface area (Å²) in [5.74, 6) is -0.711. The van der Waals surface area contributed by atoms with Gasteiger partial charge in [-0.2, -0.15) is 0 Å². The lowest BCUT2D eigenvalue weighted by Crippen LogP contribution is -2.38. The molecule has 2 atom stereocenters. The van der Waals surface area contributed by atoms with Gasteiger partial charge in [-0.1, -0.05) is 12.2 Å². The van der Waals surface area contributed by atoms with E-state index in [4.69, 9.17) is 10.8 Å². The van der Waals surface area contributed by atoms with Crippen molar-refractivity contribution in [3.8, 4) is 0 Å². The standard InChI is InChI=1S/C10H17NO2/c11-9(10(12)13)8-6-4-2-1-3-5-7-8/h1-2,8-9H,3-7,11H2,(H,12,13). The van der Waals surface area contributed by atoms with E-state index in [1.165, 1.54) is 0 Å². The Morgan fingerprint density at radius 3 is 2.77 bits per heavy atom. The molecular weight excluding hydrogens is 166 g/mol. The minimum atomic E-state index is -0.866. The topological polar surface area (TPSA) is 63.3 Å². The quantitative estimate of drug-likeness (QED) is 0.638. The van der Waals surface area contributed by atoms with Crippen LogP contribution in [0.2, 0.25) is 0 Å². The lowest BCUT2D eigenvalue weighted by molar-refractivity contribution is -0.140. The molecule has 1 rings (SSSR count). The minimum absolute atomic E-state index is 0.155. The Balaban J connectivity index is 2.48. The number of carboxylic acids is 1. The van der Waals surface area contributed by atoms with Crippen molar-refractivity contribution >= 4 is 5.97 Å². The van der Waals surface area contributed by atoms with Gasteiger partial charge in [-0.05, 0) is 38.0 Å². The van der Waals surface area contributed by atoms with Crippen LogP contribution in [0.3, 0.4) is 0 Å². The van der Waals surface area contributed by atoms with Crippen molar-refractivity contribution in [1.82, 2.24) is 0 Å². The fraction of sp³-hybridized carbons (Fsp3) is 0.700. The van der Waals surface area contributed by atoms with Crippen molar-refractivity contribution in [3.05, 3.63) is 12.2 Å². The van der Waals surface area contributed by atoms with Crippen LogP contribution in [0, 0.1) is 5.92 Å². The predicted molar refractivity (Wildman–Crippen MR) is 51.3 cm³/mol. The SMILES string of the molecule is NC(C(=O)O)C1CCC=CCCC1. The third-order valence-electron chi connectivity index (χ3n) is 2.61. The number of aliphatic carboxylic acids is 1. The van der Waals surface area contributed by atoms with Crippen molar-refractivity contribution in [2.45, 2.75) is 38.1 Å². The van der Waals surface area contributed by atoms with Gasteiger partial charge >= 0.3 is 5.97 Å². The van der Waals surface area contributed by atoms with Crippen LogP contribution in [0.4, 0.5) is 0 Å². The second-order valence-electron chi connectivity index (χ2n) is 3.60. The van der Waals surface area contributed by atoms with E-state index >= 15 is 0 Å². The Hall–Kier alpha value is -0.830.